The van der Waals surface area contributed by atoms with Crippen molar-refractivity contribution in [3.8, 4) is 0 Å². The van der Waals surface area contributed by atoms with Gasteiger partial charge in [0.25, 0.3) is 0 Å². The molecule has 0 amide bonds. The molecule has 0 aliphatic heterocycles. The number of halogens is 5. The van der Waals surface area contributed by atoms with Gasteiger partial charge in [-0.25, -0.2) is 0 Å². The minimum atomic E-state index is -2.54. The molecule has 58 valence electrons. The van der Waals surface area contributed by atoms with Crippen molar-refractivity contribution >= 4 is 67.5 Å². The molecule has 0 spiro atoms. The molecule has 0 saturated heterocycles. The van der Waals surface area contributed by atoms with Crippen LogP contribution in [0.15, 0.2) is 0 Å². The Labute approximate surface area is 129 Å². The first-order chi connectivity index (χ1) is 3.24. The quantitative estimate of drug-likeness (QED) is 0.364. The van der Waals surface area contributed by atoms with Crippen LogP contribution in [0, 0.1) is 4.91 Å². The first kappa shape index (κ1) is 19.0. The summed E-state index contributed by atoms with van der Waals surface area (Å²) in [6, 6.07) is 0. The van der Waals surface area contributed by atoms with E-state index in [9.17, 15) is 0 Å². The van der Waals surface area contributed by atoms with E-state index in [1.54, 1.807) is 0 Å². The second-order valence-electron chi connectivity index (χ2n) is 0.476. The van der Waals surface area contributed by atoms with Crippen LogP contribution in [-0.2, 0) is 4.09 Å². The van der Waals surface area contributed by atoms with Gasteiger partial charge in [0.05, 0.1) is 0 Å². The van der Waals surface area contributed by atoms with E-state index in [0.717, 1.165) is 0 Å². The number of hydrogen-bond acceptors (Lipinski definition) is 1. The van der Waals surface area contributed by atoms with Crippen molar-refractivity contribution in [1.29, 1.82) is 0 Å². The molecular weight excluding hydrogens is 661 g/mol. The summed E-state index contributed by atoms with van der Waals surface area (Å²) in [5.41, 5.74) is 5.75. The van der Waals surface area contributed by atoms with Gasteiger partial charge in [0.2, 0.25) is 0 Å². The third-order valence-corrected chi connectivity index (χ3v) is 0. The van der Waals surface area contributed by atoms with Crippen molar-refractivity contribution < 1.29 is 55.5 Å². The van der Waals surface area contributed by atoms with Gasteiger partial charge in [0.1, 0.15) is 0 Å². The summed E-state index contributed by atoms with van der Waals surface area (Å²) in [6.07, 6.45) is 0. The molecule has 0 unspecified atom stereocenters. The van der Waals surface area contributed by atoms with Crippen LogP contribution < -0.4 is 51.4 Å². The van der Waals surface area contributed by atoms with Crippen LogP contribution in [0.2, 0.25) is 0 Å². The maximum Gasteiger partial charge on any atom is 1.00 e. The van der Waals surface area contributed by atoms with Crippen LogP contribution in [-0.4, -0.2) is 0 Å². The normalized spacial score (nSPS) is 13.2. The predicted octanol–water partition coefficient (Wildman–Crippen LogP) is 1.55. The average Bonchev–Trinajstić information content (AvgIpc) is 1.33. The molecule has 0 aliphatic carbocycles. The van der Waals surface area contributed by atoms with Crippen molar-refractivity contribution in [1.82, 2.24) is 0 Å². The summed E-state index contributed by atoms with van der Waals surface area (Å²) >= 11 is 16.7. The fourth-order valence-electron chi connectivity index (χ4n) is 0. The van der Waals surface area contributed by atoms with Crippen LogP contribution in [0.4, 0.5) is 0 Å². The summed E-state index contributed by atoms with van der Waals surface area (Å²) in [5, 5.41) is 0. The van der Waals surface area contributed by atoms with Crippen molar-refractivity contribution in [2.24, 2.45) is 0 Å². The second-order valence-corrected chi connectivity index (χ2v) is 105. The second kappa shape index (κ2) is 7.67. The van der Waals surface area contributed by atoms with Crippen molar-refractivity contribution in [3.05, 3.63) is 10.5 Å². The molecule has 0 aliphatic rings. The van der Waals surface area contributed by atoms with Crippen LogP contribution in [0.1, 0.15) is 0 Å². The first-order valence-corrected chi connectivity index (χ1v) is 27.0. The average molecular weight is 661 g/mol. The van der Waals surface area contributed by atoms with Crippen LogP contribution >= 0.6 is 67.5 Å². The smallest absolute Gasteiger partial charge is 0.577 e. The zero-order valence-corrected chi connectivity index (χ0v) is 17.5. The standard InChI is InChI=1S/5BrH.Ir.K.NO/c;;;;;;;1-2/h5*1H;;;/q;;;;;+3;+1;-1/p-5. The summed E-state index contributed by atoms with van der Waals surface area (Å²) < 4.78 is -2.54. The minimum Gasteiger partial charge on any atom is -0.577 e. The Morgan fingerprint density at radius 1 is 0.889 bits per heavy atom. The maximum atomic E-state index is 7.25. The van der Waals surface area contributed by atoms with Crippen LogP contribution in [0.5, 0.6) is 0 Å². The van der Waals surface area contributed by atoms with E-state index < -0.39 is 4.09 Å². The van der Waals surface area contributed by atoms with E-state index in [2.05, 4.69) is 67.5 Å². The Kier molecular flexibility index (Phi) is 16.1. The first-order valence-electron chi connectivity index (χ1n) is 0.813. The number of nitrogens with zero attached hydrogens (tertiary/aromatic N) is 1. The van der Waals surface area contributed by atoms with Crippen molar-refractivity contribution in [3.63, 3.8) is 0 Å². The third kappa shape index (κ3) is 70.8. The van der Waals surface area contributed by atoms with E-state index in [1.165, 1.54) is 0 Å². The maximum absolute atomic E-state index is 7.25. The fourth-order valence-corrected chi connectivity index (χ4v) is 0. The topological polar surface area (TPSA) is 39.4 Å². The summed E-state index contributed by atoms with van der Waals surface area (Å²) in [4.78, 5) is 7.25. The fraction of sp³-hybridized carbons (Fsp3) is 0. The molecule has 0 bridgehead atoms. The Morgan fingerprint density at radius 2 is 0.889 bits per heavy atom. The third-order valence-electron chi connectivity index (χ3n) is 0. The zero-order chi connectivity index (χ0) is 7.45. The van der Waals surface area contributed by atoms with Gasteiger partial charge in [0.15, 0.2) is 0 Å². The van der Waals surface area contributed by atoms with Crippen molar-refractivity contribution in [2.75, 3.05) is 0 Å². The zero-order valence-electron chi connectivity index (χ0n) is 4.08. The van der Waals surface area contributed by atoms with Gasteiger partial charge in [-0.3, -0.25) is 0 Å². The molecule has 0 rings (SSSR count). The summed E-state index contributed by atoms with van der Waals surface area (Å²) in [6.45, 7) is 0. The van der Waals surface area contributed by atoms with E-state index in [0.29, 0.717) is 0 Å². The molecule has 0 heterocycles. The number of hydrogen-bond donors (Lipinski definition) is 0. The molecule has 2 nitrogen and oxygen atoms in total. The van der Waals surface area contributed by atoms with E-state index in [4.69, 9.17) is 10.5 Å². The van der Waals surface area contributed by atoms with Gasteiger partial charge in [-0.2, -0.15) is 0 Å². The molecule has 0 fully saturated rings. The minimum absolute atomic E-state index is 0. The molecule has 9 heavy (non-hydrogen) atoms. The SMILES string of the molecule is [Br][Ir-2]([Br])([Br])([Br])[Br].[K+].[N-]=O. The van der Waals surface area contributed by atoms with Gasteiger partial charge in [-0.05, 0) is 0 Å². The van der Waals surface area contributed by atoms with Gasteiger partial charge >= 0.3 is 123 Å². The summed E-state index contributed by atoms with van der Waals surface area (Å²) in [5.74, 6) is 0. The van der Waals surface area contributed by atoms with E-state index in [-0.39, 0.29) is 51.4 Å². The van der Waals surface area contributed by atoms with E-state index >= 15 is 0 Å². The number of rotatable bonds is 0. The predicted molar refractivity (Wildman–Crippen MR) is 51.4 cm³/mol. The Balaban J connectivity index is -0.000000109. The van der Waals surface area contributed by atoms with Gasteiger partial charge in [0, 0.05) is 0 Å². The monoisotopic (exact) mass is 657 g/mol. The largest absolute Gasteiger partial charge is 1.00 e. The van der Waals surface area contributed by atoms with Gasteiger partial charge in [-0.15, -0.1) is 0 Å². The molecule has 0 aromatic carbocycles. The van der Waals surface area contributed by atoms with Crippen LogP contribution in [0.25, 0.3) is 5.59 Å². The molecule has 0 aromatic rings. The molecule has 0 saturated carbocycles. The molecule has 0 radical (unpaired) electrons. The van der Waals surface area contributed by atoms with E-state index in [1.807, 2.05) is 0 Å². The van der Waals surface area contributed by atoms with Crippen molar-refractivity contribution in [2.45, 2.75) is 0 Å². The molecule has 0 atom stereocenters. The van der Waals surface area contributed by atoms with Gasteiger partial charge < -0.3 is 10.5 Å². The molecule has 0 N–H and O–H groups in total. The molecule has 0 aromatic heterocycles. The molecular formula is Br5IrKNO-2. The van der Waals surface area contributed by atoms with Crippen LogP contribution in [0.3, 0.4) is 0 Å². The Morgan fingerprint density at radius 3 is 0.889 bits per heavy atom. The Bertz CT molecular complexity index is 59.8. The number of nitroso groups, excluding NO2 is 1. The van der Waals surface area contributed by atoms with Gasteiger partial charge in [-0.1, -0.05) is 0 Å². The molecule has 9 heteroatoms. The Hall–Kier alpha value is 4.29. The summed E-state index contributed by atoms with van der Waals surface area (Å²) in [7, 11) is 0.